The van der Waals surface area contributed by atoms with E-state index in [1.165, 1.54) is 6.92 Å². The highest BCUT2D eigenvalue weighted by molar-refractivity contribution is 5.69. The number of rotatable bonds is 3. The van der Waals surface area contributed by atoms with E-state index in [-0.39, 0.29) is 5.97 Å². The van der Waals surface area contributed by atoms with E-state index in [9.17, 15) is 4.79 Å². The number of ether oxygens (including phenoxy) is 1. The van der Waals surface area contributed by atoms with Gasteiger partial charge in [-0.25, -0.2) is 0 Å². The molecule has 0 saturated carbocycles. The summed E-state index contributed by atoms with van der Waals surface area (Å²) in [4.78, 5) is 10.7. The topological polar surface area (TPSA) is 26.3 Å². The summed E-state index contributed by atoms with van der Waals surface area (Å²) >= 11 is 0. The largest absolute Gasteiger partial charge is 0.427 e. The maximum Gasteiger partial charge on any atom is 0.308 e. The Morgan fingerprint density at radius 1 is 1.27 bits per heavy atom. The molecule has 0 bridgehead atoms. The fourth-order valence-corrected chi connectivity index (χ4v) is 1.12. The molecule has 0 unspecified atom stereocenters. The van der Waals surface area contributed by atoms with Gasteiger partial charge >= 0.3 is 5.97 Å². The van der Waals surface area contributed by atoms with Crippen molar-refractivity contribution in [3.63, 3.8) is 0 Å². The number of allylic oxidation sites excluding steroid dienone is 1. The molecule has 0 aliphatic heterocycles. The molecule has 0 radical (unpaired) electrons. The normalized spacial score (nSPS) is 10.9. The quantitative estimate of drug-likeness (QED) is 0.558. The van der Waals surface area contributed by atoms with Gasteiger partial charge in [0.25, 0.3) is 0 Å². The molecule has 0 spiro atoms. The third-order valence-electron chi connectivity index (χ3n) is 1.82. The molecule has 0 saturated heterocycles. The molecule has 2 heteroatoms. The van der Waals surface area contributed by atoms with E-state index >= 15 is 0 Å². The summed E-state index contributed by atoms with van der Waals surface area (Å²) in [7, 11) is 0. The molecule has 0 aliphatic carbocycles. The van der Waals surface area contributed by atoms with Gasteiger partial charge in [0.1, 0.15) is 5.75 Å². The molecular weight excluding hydrogens is 188 g/mol. The maximum absolute atomic E-state index is 10.7. The van der Waals surface area contributed by atoms with E-state index in [0.717, 1.165) is 5.56 Å². The zero-order valence-electron chi connectivity index (χ0n) is 9.36. The second-order valence-corrected chi connectivity index (χ2v) is 3.77. The first kappa shape index (κ1) is 11.5. The second-order valence-electron chi connectivity index (χ2n) is 3.77. The number of esters is 1. The van der Waals surface area contributed by atoms with E-state index in [0.29, 0.717) is 11.7 Å². The molecular formula is C13H16O2. The van der Waals surface area contributed by atoms with Gasteiger partial charge in [0.2, 0.25) is 0 Å². The first-order valence-corrected chi connectivity index (χ1v) is 5.04. The van der Waals surface area contributed by atoms with E-state index in [2.05, 4.69) is 26.0 Å². The summed E-state index contributed by atoms with van der Waals surface area (Å²) in [6, 6.07) is 7.44. The predicted octanol–water partition coefficient (Wildman–Crippen LogP) is 3.28. The molecule has 0 N–H and O–H groups in total. The van der Waals surface area contributed by atoms with Crippen LogP contribution in [-0.4, -0.2) is 5.97 Å². The molecule has 15 heavy (non-hydrogen) atoms. The van der Waals surface area contributed by atoms with Gasteiger partial charge in [-0.3, -0.25) is 4.79 Å². The van der Waals surface area contributed by atoms with Crippen molar-refractivity contribution in [1.82, 2.24) is 0 Å². The first-order valence-electron chi connectivity index (χ1n) is 5.04. The van der Waals surface area contributed by atoms with Gasteiger partial charge in [0, 0.05) is 6.92 Å². The highest BCUT2D eigenvalue weighted by atomic mass is 16.5. The van der Waals surface area contributed by atoms with Gasteiger partial charge in [-0.15, -0.1) is 0 Å². The van der Waals surface area contributed by atoms with Crippen LogP contribution in [0.15, 0.2) is 30.3 Å². The number of hydrogen-bond acceptors (Lipinski definition) is 2. The van der Waals surface area contributed by atoms with Gasteiger partial charge in [-0.05, 0) is 23.6 Å². The first-order chi connectivity index (χ1) is 7.08. The van der Waals surface area contributed by atoms with Crippen LogP contribution < -0.4 is 4.74 Å². The Morgan fingerprint density at radius 3 is 2.33 bits per heavy atom. The minimum absolute atomic E-state index is 0.291. The summed E-state index contributed by atoms with van der Waals surface area (Å²) in [5.74, 6) is 0.836. The summed E-state index contributed by atoms with van der Waals surface area (Å²) in [6.07, 6.45) is 4.18. The van der Waals surface area contributed by atoms with Crippen LogP contribution >= 0.6 is 0 Å². The van der Waals surface area contributed by atoms with Crippen LogP contribution in [0.25, 0.3) is 6.08 Å². The lowest BCUT2D eigenvalue weighted by Crippen LogP contribution is -2.00. The Morgan fingerprint density at radius 2 is 1.87 bits per heavy atom. The van der Waals surface area contributed by atoms with Crippen LogP contribution in [0.1, 0.15) is 26.3 Å². The standard InChI is InChI=1S/C13H16O2/c1-10(2)4-5-12-6-8-13(9-7-12)15-11(3)14/h4-10H,1-3H3. The van der Waals surface area contributed by atoms with Gasteiger partial charge in [-0.2, -0.15) is 0 Å². The molecule has 1 rings (SSSR count). The Hall–Kier alpha value is -1.57. The summed E-state index contributed by atoms with van der Waals surface area (Å²) in [5, 5.41) is 0. The van der Waals surface area contributed by atoms with Crippen LogP contribution in [0.2, 0.25) is 0 Å². The maximum atomic E-state index is 10.7. The molecule has 0 fully saturated rings. The zero-order valence-corrected chi connectivity index (χ0v) is 9.36. The van der Waals surface area contributed by atoms with Crippen molar-refractivity contribution in [3.8, 4) is 5.75 Å². The van der Waals surface area contributed by atoms with Crippen LogP contribution in [0.5, 0.6) is 5.75 Å². The number of hydrogen-bond donors (Lipinski definition) is 0. The fourth-order valence-electron chi connectivity index (χ4n) is 1.12. The lowest BCUT2D eigenvalue weighted by molar-refractivity contribution is -0.131. The second kappa shape index (κ2) is 5.35. The summed E-state index contributed by atoms with van der Waals surface area (Å²) in [5.41, 5.74) is 1.11. The lowest BCUT2D eigenvalue weighted by Gasteiger charge is -2.01. The van der Waals surface area contributed by atoms with Crippen molar-refractivity contribution in [3.05, 3.63) is 35.9 Å². The molecule has 80 valence electrons. The average Bonchev–Trinajstić information content (AvgIpc) is 2.16. The molecule has 0 atom stereocenters. The molecule has 0 aromatic heterocycles. The zero-order chi connectivity index (χ0) is 11.3. The van der Waals surface area contributed by atoms with Crippen LogP contribution in [0.4, 0.5) is 0 Å². The average molecular weight is 204 g/mol. The van der Waals surface area contributed by atoms with E-state index in [1.807, 2.05) is 12.1 Å². The third-order valence-corrected chi connectivity index (χ3v) is 1.82. The molecule has 0 heterocycles. The summed E-state index contributed by atoms with van der Waals surface area (Å²) < 4.78 is 4.93. The number of benzene rings is 1. The number of carbonyl (C=O) groups excluding carboxylic acids is 1. The molecule has 1 aromatic rings. The van der Waals surface area contributed by atoms with E-state index in [1.54, 1.807) is 12.1 Å². The Labute approximate surface area is 90.6 Å². The predicted molar refractivity (Wildman–Crippen MR) is 61.6 cm³/mol. The highest BCUT2D eigenvalue weighted by Gasteiger charge is 1.96. The molecule has 0 amide bonds. The van der Waals surface area contributed by atoms with Crippen molar-refractivity contribution >= 4 is 12.0 Å². The number of carbonyl (C=O) groups is 1. The molecule has 0 aliphatic rings. The van der Waals surface area contributed by atoms with Crippen molar-refractivity contribution in [2.75, 3.05) is 0 Å². The molecule has 1 aromatic carbocycles. The van der Waals surface area contributed by atoms with Crippen molar-refractivity contribution in [2.24, 2.45) is 5.92 Å². The minimum Gasteiger partial charge on any atom is -0.427 e. The fraction of sp³-hybridized carbons (Fsp3) is 0.308. The SMILES string of the molecule is CC(=O)Oc1ccc(C=CC(C)C)cc1. The van der Waals surface area contributed by atoms with Gasteiger partial charge < -0.3 is 4.74 Å². The van der Waals surface area contributed by atoms with Crippen molar-refractivity contribution < 1.29 is 9.53 Å². The van der Waals surface area contributed by atoms with Crippen LogP contribution in [0, 0.1) is 5.92 Å². The van der Waals surface area contributed by atoms with Crippen molar-refractivity contribution in [1.29, 1.82) is 0 Å². The van der Waals surface area contributed by atoms with E-state index in [4.69, 9.17) is 4.74 Å². The van der Waals surface area contributed by atoms with E-state index < -0.39 is 0 Å². The Bertz CT molecular complexity index is 347. The van der Waals surface area contributed by atoms with Gasteiger partial charge in [-0.1, -0.05) is 38.1 Å². The van der Waals surface area contributed by atoms with Gasteiger partial charge in [0.15, 0.2) is 0 Å². The monoisotopic (exact) mass is 204 g/mol. The van der Waals surface area contributed by atoms with Crippen LogP contribution in [0.3, 0.4) is 0 Å². The minimum atomic E-state index is -0.291. The van der Waals surface area contributed by atoms with Crippen LogP contribution in [-0.2, 0) is 4.79 Å². The smallest absolute Gasteiger partial charge is 0.308 e. The van der Waals surface area contributed by atoms with Crippen molar-refractivity contribution in [2.45, 2.75) is 20.8 Å². The molecule has 2 nitrogen and oxygen atoms in total. The third kappa shape index (κ3) is 4.45. The summed E-state index contributed by atoms with van der Waals surface area (Å²) in [6.45, 7) is 5.65. The lowest BCUT2D eigenvalue weighted by atomic mass is 10.1. The Kier molecular flexibility index (Phi) is 4.10. The highest BCUT2D eigenvalue weighted by Crippen LogP contribution is 2.13. The van der Waals surface area contributed by atoms with Gasteiger partial charge in [0.05, 0.1) is 0 Å². The Balaban J connectivity index is 2.68.